The van der Waals surface area contributed by atoms with E-state index in [2.05, 4.69) is 21.2 Å². The van der Waals surface area contributed by atoms with Crippen LogP contribution in [0.5, 0.6) is 0 Å². The van der Waals surface area contributed by atoms with E-state index < -0.39 is 5.82 Å². The highest BCUT2D eigenvalue weighted by atomic mass is 79.9. The zero-order chi connectivity index (χ0) is 13.8. The molecule has 0 heterocycles. The topological polar surface area (TPSA) is 35.8 Å². The summed E-state index contributed by atoms with van der Waals surface area (Å²) in [5, 5.41) is 11.9. The van der Waals surface area contributed by atoms with Crippen molar-refractivity contribution in [1.82, 2.24) is 0 Å². The van der Waals surface area contributed by atoms with Crippen LogP contribution in [0.4, 0.5) is 14.5 Å². The van der Waals surface area contributed by atoms with Gasteiger partial charge in [-0.1, -0.05) is 15.9 Å². The molecule has 1 N–H and O–H groups in total. The predicted octanol–water partition coefficient (Wildman–Crippen LogP) is 4.21. The first-order chi connectivity index (χ1) is 9.08. The van der Waals surface area contributed by atoms with Crippen molar-refractivity contribution < 1.29 is 8.78 Å². The third-order valence-corrected chi connectivity index (χ3v) is 2.97. The van der Waals surface area contributed by atoms with Gasteiger partial charge in [0.05, 0.1) is 11.3 Å². The minimum atomic E-state index is -0.462. The van der Waals surface area contributed by atoms with Gasteiger partial charge in [-0.3, -0.25) is 0 Å². The van der Waals surface area contributed by atoms with Gasteiger partial charge in [-0.2, -0.15) is 5.26 Å². The maximum atomic E-state index is 13.2. The molecule has 0 spiro atoms. The Labute approximate surface area is 117 Å². The fourth-order valence-electron chi connectivity index (χ4n) is 1.67. The van der Waals surface area contributed by atoms with Crippen molar-refractivity contribution >= 4 is 21.6 Å². The molecule has 0 fully saturated rings. The molecule has 2 rings (SSSR count). The number of anilines is 1. The summed E-state index contributed by atoms with van der Waals surface area (Å²) in [6.07, 6.45) is 0. The summed E-state index contributed by atoms with van der Waals surface area (Å²) < 4.78 is 26.8. The second kappa shape index (κ2) is 5.81. The van der Waals surface area contributed by atoms with Crippen LogP contribution in [-0.4, -0.2) is 0 Å². The summed E-state index contributed by atoms with van der Waals surface area (Å²) in [6.45, 7) is 0.344. The number of hydrogen-bond acceptors (Lipinski definition) is 2. The molecule has 96 valence electrons. The van der Waals surface area contributed by atoms with E-state index in [1.165, 1.54) is 24.3 Å². The minimum absolute atomic E-state index is 0.218. The summed E-state index contributed by atoms with van der Waals surface area (Å²) in [6, 6.07) is 10.4. The lowest BCUT2D eigenvalue weighted by Crippen LogP contribution is -2.02. The number of nitrogens with one attached hydrogen (secondary N) is 1. The molecule has 0 saturated heterocycles. The summed E-state index contributed by atoms with van der Waals surface area (Å²) in [5.41, 5.74) is 1.46. The van der Waals surface area contributed by atoms with Crippen molar-refractivity contribution in [1.29, 1.82) is 5.26 Å². The van der Waals surface area contributed by atoms with E-state index in [0.29, 0.717) is 16.7 Å². The molecule has 5 heteroatoms. The van der Waals surface area contributed by atoms with Crippen LogP contribution in [0.3, 0.4) is 0 Å². The molecular formula is C14H9BrF2N2. The fourth-order valence-corrected chi connectivity index (χ4v) is 2.19. The van der Waals surface area contributed by atoms with Crippen LogP contribution in [0.25, 0.3) is 0 Å². The molecule has 0 unspecified atom stereocenters. The number of nitriles is 1. The van der Waals surface area contributed by atoms with Crippen LogP contribution in [0.15, 0.2) is 40.9 Å². The lowest BCUT2D eigenvalue weighted by molar-refractivity contribution is 0.625. The van der Waals surface area contributed by atoms with E-state index in [0.717, 1.165) is 11.6 Å². The highest BCUT2D eigenvalue weighted by Gasteiger charge is 2.04. The standard InChI is InChI=1S/C14H9BrF2N2/c15-11-3-9(4-13(17)6-11)8-19-14-2-1-12(16)5-10(14)7-18/h1-6,19H,8H2. The first kappa shape index (κ1) is 13.5. The van der Waals surface area contributed by atoms with E-state index in [1.807, 2.05) is 6.07 Å². The molecular weight excluding hydrogens is 314 g/mol. The Bertz CT molecular complexity index is 630. The molecule has 0 aliphatic heterocycles. The molecule has 0 saturated carbocycles. The van der Waals surface area contributed by atoms with Crippen LogP contribution in [-0.2, 0) is 6.54 Å². The van der Waals surface area contributed by atoms with Gasteiger partial charge >= 0.3 is 0 Å². The Morgan fingerprint density at radius 3 is 2.58 bits per heavy atom. The van der Waals surface area contributed by atoms with E-state index in [9.17, 15) is 8.78 Å². The van der Waals surface area contributed by atoms with Gasteiger partial charge in [0.25, 0.3) is 0 Å². The lowest BCUT2D eigenvalue weighted by atomic mass is 10.1. The number of benzene rings is 2. The van der Waals surface area contributed by atoms with Crippen molar-refractivity contribution in [3.05, 3.63) is 63.6 Å². The zero-order valence-electron chi connectivity index (χ0n) is 9.75. The highest BCUT2D eigenvalue weighted by molar-refractivity contribution is 9.10. The molecule has 0 aliphatic rings. The van der Waals surface area contributed by atoms with Gasteiger partial charge in [0.15, 0.2) is 0 Å². The maximum Gasteiger partial charge on any atom is 0.124 e. The quantitative estimate of drug-likeness (QED) is 0.918. The fraction of sp³-hybridized carbons (Fsp3) is 0.0714. The Balaban J connectivity index is 2.17. The predicted molar refractivity (Wildman–Crippen MR) is 72.5 cm³/mol. The number of rotatable bonds is 3. The van der Waals surface area contributed by atoms with Gasteiger partial charge in [-0.25, -0.2) is 8.78 Å². The van der Waals surface area contributed by atoms with Crippen LogP contribution in [0.2, 0.25) is 0 Å². The van der Waals surface area contributed by atoms with E-state index in [1.54, 1.807) is 6.07 Å². The van der Waals surface area contributed by atoms with Crippen LogP contribution >= 0.6 is 15.9 Å². The van der Waals surface area contributed by atoms with Crippen molar-refractivity contribution in [2.45, 2.75) is 6.54 Å². The van der Waals surface area contributed by atoms with Crippen LogP contribution in [0.1, 0.15) is 11.1 Å². The molecule has 2 aromatic carbocycles. The summed E-state index contributed by atoms with van der Waals surface area (Å²) in [4.78, 5) is 0. The third kappa shape index (κ3) is 3.52. The normalized spacial score (nSPS) is 10.0. The Morgan fingerprint density at radius 1 is 1.11 bits per heavy atom. The maximum absolute atomic E-state index is 13.2. The Hall–Kier alpha value is -1.93. The van der Waals surface area contributed by atoms with E-state index in [4.69, 9.17) is 5.26 Å². The number of hydrogen-bond donors (Lipinski definition) is 1. The van der Waals surface area contributed by atoms with Gasteiger partial charge in [0.2, 0.25) is 0 Å². The van der Waals surface area contributed by atoms with E-state index in [-0.39, 0.29) is 11.4 Å². The van der Waals surface area contributed by atoms with Gasteiger partial charge in [0, 0.05) is 11.0 Å². The lowest BCUT2D eigenvalue weighted by Gasteiger charge is -2.09. The molecule has 0 aromatic heterocycles. The molecule has 0 aliphatic carbocycles. The van der Waals surface area contributed by atoms with Crippen molar-refractivity contribution in [3.8, 4) is 6.07 Å². The summed E-state index contributed by atoms with van der Waals surface area (Å²) in [7, 11) is 0. The Kier molecular flexibility index (Phi) is 4.13. The smallest absolute Gasteiger partial charge is 0.124 e. The number of nitrogens with zero attached hydrogens (tertiary/aromatic N) is 1. The molecule has 19 heavy (non-hydrogen) atoms. The van der Waals surface area contributed by atoms with Gasteiger partial charge in [-0.15, -0.1) is 0 Å². The SMILES string of the molecule is N#Cc1cc(F)ccc1NCc1cc(F)cc(Br)c1. The molecule has 0 amide bonds. The molecule has 2 nitrogen and oxygen atoms in total. The molecule has 2 aromatic rings. The highest BCUT2D eigenvalue weighted by Crippen LogP contribution is 2.19. The Morgan fingerprint density at radius 2 is 1.89 bits per heavy atom. The van der Waals surface area contributed by atoms with Crippen molar-refractivity contribution in [2.75, 3.05) is 5.32 Å². The van der Waals surface area contributed by atoms with Gasteiger partial charge < -0.3 is 5.32 Å². The average Bonchev–Trinajstić information content (AvgIpc) is 2.36. The van der Waals surface area contributed by atoms with Crippen molar-refractivity contribution in [3.63, 3.8) is 0 Å². The monoisotopic (exact) mass is 322 g/mol. The zero-order valence-corrected chi connectivity index (χ0v) is 11.3. The first-order valence-corrected chi connectivity index (χ1v) is 6.26. The summed E-state index contributed by atoms with van der Waals surface area (Å²) in [5.74, 6) is -0.804. The van der Waals surface area contributed by atoms with Gasteiger partial charge in [-0.05, 0) is 42.0 Å². The third-order valence-electron chi connectivity index (χ3n) is 2.51. The molecule has 0 bridgehead atoms. The van der Waals surface area contributed by atoms with E-state index >= 15 is 0 Å². The molecule has 0 atom stereocenters. The van der Waals surface area contributed by atoms with Gasteiger partial charge in [0.1, 0.15) is 17.7 Å². The minimum Gasteiger partial charge on any atom is -0.380 e. The van der Waals surface area contributed by atoms with Crippen LogP contribution < -0.4 is 5.32 Å². The van der Waals surface area contributed by atoms with Crippen LogP contribution in [0, 0.1) is 23.0 Å². The first-order valence-electron chi connectivity index (χ1n) is 5.47. The number of halogens is 3. The summed E-state index contributed by atoms with van der Waals surface area (Å²) >= 11 is 3.21. The average molecular weight is 323 g/mol. The second-order valence-corrected chi connectivity index (χ2v) is 4.85. The van der Waals surface area contributed by atoms with Crippen molar-refractivity contribution in [2.24, 2.45) is 0 Å². The second-order valence-electron chi connectivity index (χ2n) is 3.93. The molecule has 0 radical (unpaired) electrons. The largest absolute Gasteiger partial charge is 0.380 e.